The molecule has 268 valence electrons. The molecule has 2 amide bonds. The van der Waals surface area contributed by atoms with E-state index in [1.807, 2.05) is 47.4 Å². The Kier molecular flexibility index (Phi) is 10.2. The van der Waals surface area contributed by atoms with E-state index in [1.54, 1.807) is 12.1 Å². The number of rotatable bonds is 11. The summed E-state index contributed by atoms with van der Waals surface area (Å²) in [6.45, 7) is 8.03. The van der Waals surface area contributed by atoms with E-state index < -0.39 is 0 Å². The molecule has 0 aliphatic carbocycles. The van der Waals surface area contributed by atoms with Gasteiger partial charge >= 0.3 is 6.03 Å². The lowest BCUT2D eigenvalue weighted by Gasteiger charge is -2.43. The lowest BCUT2D eigenvalue weighted by atomic mass is 9.95. The van der Waals surface area contributed by atoms with Crippen LogP contribution < -0.4 is 10.2 Å². The van der Waals surface area contributed by atoms with Crippen molar-refractivity contribution in [2.24, 2.45) is 0 Å². The first-order valence-corrected chi connectivity index (χ1v) is 19.5. The summed E-state index contributed by atoms with van der Waals surface area (Å²) >= 11 is 6.08. The van der Waals surface area contributed by atoms with Crippen LogP contribution in [-0.2, 0) is 26.1 Å². The zero-order valence-corrected chi connectivity index (χ0v) is 31.0. The number of benzene rings is 4. The van der Waals surface area contributed by atoms with E-state index in [1.165, 1.54) is 54.0 Å². The Labute approximate surface area is 313 Å². The molecule has 4 heterocycles. The molecule has 3 atom stereocenters. The van der Waals surface area contributed by atoms with Gasteiger partial charge in [-0.3, -0.25) is 9.80 Å². The fourth-order valence-corrected chi connectivity index (χ4v) is 9.57. The Morgan fingerprint density at radius 2 is 1.42 bits per heavy atom. The maximum atomic E-state index is 13.5. The fraction of sp³-hybridized carbons (Fsp3) is 0.364. The van der Waals surface area contributed by atoms with Crippen LogP contribution >= 0.6 is 11.6 Å². The molecule has 1 aromatic heterocycles. The molecule has 3 aliphatic rings. The van der Waals surface area contributed by atoms with Gasteiger partial charge in [0.15, 0.2) is 0 Å². The number of para-hydroxylation sites is 1. The number of aryl methyl sites for hydroxylation is 1. The Morgan fingerprint density at radius 1 is 0.827 bits per heavy atom. The molecule has 5 aromatic rings. The molecule has 3 aliphatic heterocycles. The second-order valence-electron chi connectivity index (χ2n) is 15.2. The highest BCUT2D eigenvalue weighted by Gasteiger charge is 2.43. The third-order valence-corrected chi connectivity index (χ3v) is 12.0. The van der Waals surface area contributed by atoms with Crippen molar-refractivity contribution in [1.82, 2.24) is 14.5 Å². The van der Waals surface area contributed by atoms with Gasteiger partial charge < -0.3 is 14.4 Å². The molecular formula is C44H50ClN6O+. The van der Waals surface area contributed by atoms with Crippen molar-refractivity contribution < 1.29 is 9.28 Å². The summed E-state index contributed by atoms with van der Waals surface area (Å²) in [6, 6.07) is 40.8. The van der Waals surface area contributed by atoms with Crippen molar-refractivity contribution in [2.75, 3.05) is 29.9 Å². The summed E-state index contributed by atoms with van der Waals surface area (Å²) in [7, 11) is 0. The van der Waals surface area contributed by atoms with Crippen LogP contribution in [0, 0.1) is 6.92 Å². The molecule has 0 radical (unpaired) electrons. The van der Waals surface area contributed by atoms with Crippen LogP contribution in [0.2, 0.25) is 5.02 Å². The number of carbonyl (C=O) groups excluding carboxylic acids is 1. The van der Waals surface area contributed by atoms with E-state index in [-0.39, 0.29) is 6.03 Å². The maximum Gasteiger partial charge on any atom is 0.326 e. The number of urea groups is 1. The van der Waals surface area contributed by atoms with Crippen molar-refractivity contribution in [3.05, 3.63) is 149 Å². The molecule has 4 aromatic carbocycles. The Hall–Kier alpha value is -4.43. The minimum atomic E-state index is -0.120. The molecule has 1 N–H and O–H groups in total. The summed E-state index contributed by atoms with van der Waals surface area (Å²) in [5.41, 5.74) is 7.24. The second kappa shape index (κ2) is 15.3. The number of halogens is 1. The maximum absolute atomic E-state index is 13.5. The third kappa shape index (κ3) is 7.54. The SMILES string of the molecule is Cc1nc2c(n1C1C[C@H]3CC[C@@H](C1)N3CCCN(C(=O)Nc1ccc(Cl)cc1)c1ccccc1)CC[N+](Cc1ccccc1)(Cc1ccccc1)C2. The average Bonchev–Trinajstić information content (AvgIpc) is 3.60. The van der Waals surface area contributed by atoms with Crippen molar-refractivity contribution >= 4 is 29.0 Å². The normalized spacial score (nSPS) is 20.7. The number of piperidine rings is 1. The number of hydrogen-bond acceptors (Lipinski definition) is 3. The summed E-state index contributed by atoms with van der Waals surface area (Å²) in [4.78, 5) is 23.5. The minimum absolute atomic E-state index is 0.120. The summed E-state index contributed by atoms with van der Waals surface area (Å²) in [5, 5.41) is 3.72. The van der Waals surface area contributed by atoms with Gasteiger partial charge in [0, 0.05) is 65.2 Å². The van der Waals surface area contributed by atoms with Crippen LogP contribution in [0.5, 0.6) is 0 Å². The van der Waals surface area contributed by atoms with Crippen LogP contribution in [0.1, 0.15) is 66.5 Å². The largest absolute Gasteiger partial charge is 0.328 e. The molecule has 8 rings (SSSR count). The number of hydrogen-bond donors (Lipinski definition) is 1. The monoisotopic (exact) mass is 713 g/mol. The summed E-state index contributed by atoms with van der Waals surface area (Å²) < 4.78 is 3.67. The van der Waals surface area contributed by atoms with Crippen LogP contribution in [0.4, 0.5) is 16.2 Å². The molecule has 0 spiro atoms. The third-order valence-electron chi connectivity index (χ3n) is 11.7. The smallest absolute Gasteiger partial charge is 0.326 e. The summed E-state index contributed by atoms with van der Waals surface area (Å²) in [6.07, 6.45) is 6.85. The number of carbonyl (C=O) groups is 1. The number of aromatic nitrogens is 2. The number of nitrogens with zero attached hydrogens (tertiary/aromatic N) is 5. The van der Waals surface area contributed by atoms with E-state index >= 15 is 0 Å². The van der Waals surface area contributed by atoms with Gasteiger partial charge in [0.25, 0.3) is 0 Å². The van der Waals surface area contributed by atoms with Gasteiger partial charge in [0.05, 0.1) is 12.2 Å². The highest BCUT2D eigenvalue weighted by molar-refractivity contribution is 6.30. The molecule has 52 heavy (non-hydrogen) atoms. The predicted octanol–water partition coefficient (Wildman–Crippen LogP) is 9.41. The zero-order chi connectivity index (χ0) is 35.5. The number of amides is 2. The van der Waals surface area contributed by atoms with Gasteiger partial charge in [-0.15, -0.1) is 0 Å². The van der Waals surface area contributed by atoms with E-state index in [0.717, 1.165) is 61.4 Å². The number of fused-ring (bicyclic) bond motifs is 3. The van der Waals surface area contributed by atoms with Gasteiger partial charge in [-0.2, -0.15) is 0 Å². The Bertz CT molecular complexity index is 1890. The molecule has 0 saturated carbocycles. The zero-order valence-electron chi connectivity index (χ0n) is 30.2. The molecule has 2 saturated heterocycles. The van der Waals surface area contributed by atoms with E-state index in [2.05, 4.69) is 82.4 Å². The number of imidazole rings is 1. The number of nitrogens with one attached hydrogen (secondary N) is 1. The average molecular weight is 714 g/mol. The molecule has 2 bridgehead atoms. The van der Waals surface area contributed by atoms with Crippen molar-refractivity contribution in [1.29, 1.82) is 0 Å². The molecular weight excluding hydrogens is 664 g/mol. The first-order chi connectivity index (χ1) is 25.4. The van der Waals surface area contributed by atoms with Gasteiger partial charge in [0.2, 0.25) is 0 Å². The molecule has 8 heteroatoms. The van der Waals surface area contributed by atoms with Crippen LogP contribution in [0.15, 0.2) is 115 Å². The topological polar surface area (TPSA) is 53.4 Å². The first kappa shape index (κ1) is 34.6. The molecule has 2 fully saturated rings. The second-order valence-corrected chi connectivity index (χ2v) is 15.6. The van der Waals surface area contributed by atoms with Gasteiger partial charge in [-0.25, -0.2) is 9.78 Å². The first-order valence-electron chi connectivity index (χ1n) is 19.1. The number of quaternary nitrogens is 1. The highest BCUT2D eigenvalue weighted by Crippen LogP contribution is 2.43. The van der Waals surface area contributed by atoms with Crippen LogP contribution in [0.25, 0.3) is 0 Å². The van der Waals surface area contributed by atoms with Gasteiger partial charge in [-0.1, -0.05) is 90.5 Å². The molecule has 1 unspecified atom stereocenters. The van der Waals surface area contributed by atoms with Crippen molar-refractivity contribution in [2.45, 2.75) is 83.2 Å². The summed E-state index contributed by atoms with van der Waals surface area (Å²) in [5.74, 6) is 1.19. The lowest BCUT2D eigenvalue weighted by Crippen LogP contribution is -2.50. The standard InChI is InChI=1S/C44H49ClN6O/c1-33-46-42-32-51(30-34-12-5-2-6-13-34,31-35-14-7-3-8-15-35)27-24-43(42)50(33)41-28-39-22-23-40(29-41)48(39)25-11-26-49(38-16-9-4-10-17-38)44(52)47-37-20-18-36(45)19-21-37/h2-10,12-21,39-41H,11,22-32H2,1H3/p+1/t39-,40+,41?. The van der Waals surface area contributed by atoms with Gasteiger partial charge in [0.1, 0.15) is 31.2 Å². The van der Waals surface area contributed by atoms with Crippen LogP contribution in [-0.4, -0.2) is 56.7 Å². The quantitative estimate of drug-likeness (QED) is 0.139. The highest BCUT2D eigenvalue weighted by atomic mass is 35.5. The minimum Gasteiger partial charge on any atom is -0.328 e. The molecule has 7 nitrogen and oxygen atoms in total. The van der Waals surface area contributed by atoms with Crippen LogP contribution in [0.3, 0.4) is 0 Å². The number of anilines is 2. The van der Waals surface area contributed by atoms with Crippen molar-refractivity contribution in [3.63, 3.8) is 0 Å². The lowest BCUT2D eigenvalue weighted by molar-refractivity contribution is -0.968. The van der Waals surface area contributed by atoms with Crippen molar-refractivity contribution in [3.8, 4) is 0 Å². The van der Waals surface area contributed by atoms with Gasteiger partial charge in [-0.05, 0) is 75.4 Å². The van der Waals surface area contributed by atoms with E-state index in [9.17, 15) is 4.79 Å². The Morgan fingerprint density at radius 3 is 2.04 bits per heavy atom. The van der Waals surface area contributed by atoms with E-state index in [4.69, 9.17) is 16.6 Å². The predicted molar refractivity (Wildman–Crippen MR) is 210 cm³/mol. The van der Waals surface area contributed by atoms with E-state index in [0.29, 0.717) is 29.7 Å². The fourth-order valence-electron chi connectivity index (χ4n) is 9.44. The Balaban J connectivity index is 0.940.